The zero-order chi connectivity index (χ0) is 15.1. The van der Waals surface area contributed by atoms with Crippen molar-refractivity contribution in [1.82, 2.24) is 14.9 Å². The molecular formula is C13H13Cl2IN4O. The lowest BCUT2D eigenvalue weighted by Gasteiger charge is -2.13. The summed E-state index contributed by atoms with van der Waals surface area (Å²) in [6.07, 6.45) is 2.27. The minimum atomic E-state index is -0.600. The molecule has 1 aliphatic rings. The first-order chi connectivity index (χ1) is 9.99. The molecule has 8 heteroatoms. The molecule has 1 aliphatic heterocycles. The van der Waals surface area contributed by atoms with Gasteiger partial charge < -0.3 is 15.6 Å². The van der Waals surface area contributed by atoms with Crippen LogP contribution in [0.5, 0.6) is 0 Å². The zero-order valence-corrected chi connectivity index (χ0v) is 14.7. The lowest BCUT2D eigenvalue weighted by atomic mass is 10.2. The topological polar surface area (TPSA) is 72.9 Å². The van der Waals surface area contributed by atoms with E-state index >= 15 is 0 Å². The van der Waals surface area contributed by atoms with Gasteiger partial charge in [-0.05, 0) is 48.0 Å². The van der Waals surface area contributed by atoms with Gasteiger partial charge in [-0.25, -0.2) is 4.98 Å². The molecule has 2 aromatic rings. The van der Waals surface area contributed by atoms with Crippen molar-refractivity contribution in [2.45, 2.75) is 25.4 Å². The van der Waals surface area contributed by atoms with E-state index < -0.39 is 5.91 Å². The molecule has 5 nitrogen and oxygen atoms in total. The van der Waals surface area contributed by atoms with E-state index in [0.717, 1.165) is 29.6 Å². The molecule has 3 heterocycles. The van der Waals surface area contributed by atoms with Gasteiger partial charge in [-0.2, -0.15) is 0 Å². The number of rotatable bonds is 3. The van der Waals surface area contributed by atoms with Crippen LogP contribution in [-0.2, 0) is 6.54 Å². The fourth-order valence-electron chi connectivity index (χ4n) is 2.64. The molecule has 112 valence electrons. The highest BCUT2D eigenvalue weighted by atomic mass is 127. The van der Waals surface area contributed by atoms with Crippen LogP contribution in [0.25, 0.3) is 11.0 Å². The zero-order valence-electron chi connectivity index (χ0n) is 11.0. The molecule has 1 unspecified atom stereocenters. The predicted octanol–water partition coefficient (Wildman–Crippen LogP) is 2.80. The number of primary amides is 1. The number of amides is 1. The van der Waals surface area contributed by atoms with E-state index in [2.05, 4.69) is 32.9 Å². The number of aromatic nitrogens is 2. The van der Waals surface area contributed by atoms with Crippen molar-refractivity contribution >= 4 is 62.7 Å². The monoisotopic (exact) mass is 438 g/mol. The average Bonchev–Trinajstić information content (AvgIpc) is 3.02. The maximum absolute atomic E-state index is 11.4. The second-order valence-electron chi connectivity index (χ2n) is 5.06. The number of pyridine rings is 1. The van der Waals surface area contributed by atoms with Crippen molar-refractivity contribution in [3.05, 3.63) is 25.5 Å². The quantitative estimate of drug-likeness (QED) is 0.723. The number of nitrogens with two attached hydrogens (primary N) is 1. The van der Waals surface area contributed by atoms with Crippen LogP contribution < -0.4 is 11.1 Å². The first-order valence-corrected chi connectivity index (χ1v) is 8.39. The van der Waals surface area contributed by atoms with Crippen molar-refractivity contribution < 1.29 is 4.79 Å². The number of halogens is 3. The lowest BCUT2D eigenvalue weighted by molar-refractivity contribution is 0.0996. The normalized spacial score (nSPS) is 18.5. The van der Waals surface area contributed by atoms with E-state index in [-0.39, 0.29) is 5.69 Å². The van der Waals surface area contributed by atoms with E-state index in [1.165, 1.54) is 6.07 Å². The number of nitrogens with one attached hydrogen (secondary N) is 1. The highest BCUT2D eigenvalue weighted by molar-refractivity contribution is 14.1. The van der Waals surface area contributed by atoms with Gasteiger partial charge in [-0.1, -0.05) is 23.2 Å². The van der Waals surface area contributed by atoms with Gasteiger partial charge in [0.2, 0.25) is 0 Å². The summed E-state index contributed by atoms with van der Waals surface area (Å²) in [5, 5.41) is 5.08. The third-order valence-corrected chi connectivity index (χ3v) is 5.77. The summed E-state index contributed by atoms with van der Waals surface area (Å²) in [5.74, 6) is -0.600. The van der Waals surface area contributed by atoms with Crippen molar-refractivity contribution in [3.8, 4) is 0 Å². The molecule has 3 N–H and O–H groups in total. The Balaban J connectivity index is 2.17. The van der Waals surface area contributed by atoms with Gasteiger partial charge in [0, 0.05) is 12.6 Å². The maximum atomic E-state index is 11.4. The SMILES string of the molecule is NC(=O)c1cc(Cl)c2c(Cl)c(I)n(CC3CCCN3)c2n1. The van der Waals surface area contributed by atoms with Crippen LogP contribution in [0.4, 0.5) is 0 Å². The molecule has 1 amide bonds. The van der Waals surface area contributed by atoms with Crippen molar-refractivity contribution in [2.24, 2.45) is 5.73 Å². The van der Waals surface area contributed by atoms with Gasteiger partial charge in [-0.15, -0.1) is 0 Å². The minimum Gasteiger partial charge on any atom is -0.364 e. The molecule has 0 aliphatic carbocycles. The Morgan fingerprint density at radius 2 is 2.33 bits per heavy atom. The van der Waals surface area contributed by atoms with Crippen LogP contribution in [-0.4, -0.2) is 28.0 Å². The van der Waals surface area contributed by atoms with Crippen molar-refractivity contribution in [3.63, 3.8) is 0 Å². The largest absolute Gasteiger partial charge is 0.364 e. The van der Waals surface area contributed by atoms with Crippen LogP contribution in [0, 0.1) is 3.70 Å². The molecular weight excluding hydrogens is 426 g/mol. The average molecular weight is 439 g/mol. The summed E-state index contributed by atoms with van der Waals surface area (Å²) in [4.78, 5) is 15.7. The Labute approximate surface area is 145 Å². The summed E-state index contributed by atoms with van der Waals surface area (Å²) < 4.78 is 2.87. The van der Waals surface area contributed by atoms with Gasteiger partial charge in [0.25, 0.3) is 5.91 Å². The molecule has 1 saturated heterocycles. The van der Waals surface area contributed by atoms with Gasteiger partial charge in [0.15, 0.2) is 0 Å². The Morgan fingerprint density at radius 1 is 1.57 bits per heavy atom. The van der Waals surface area contributed by atoms with Crippen LogP contribution in [0.3, 0.4) is 0 Å². The van der Waals surface area contributed by atoms with E-state index in [0.29, 0.717) is 27.1 Å². The van der Waals surface area contributed by atoms with Crippen LogP contribution >= 0.6 is 45.8 Å². The number of fused-ring (bicyclic) bond motifs is 1. The molecule has 1 atom stereocenters. The molecule has 3 rings (SSSR count). The molecule has 1 fully saturated rings. The molecule has 0 aromatic carbocycles. The number of carbonyl (C=O) groups excluding carboxylic acids is 1. The summed E-state index contributed by atoms with van der Waals surface area (Å²) >= 11 is 14.8. The van der Waals surface area contributed by atoms with Crippen LogP contribution in [0.1, 0.15) is 23.3 Å². The molecule has 0 bridgehead atoms. The Bertz CT molecular complexity index is 725. The van der Waals surface area contributed by atoms with Gasteiger partial charge >= 0.3 is 0 Å². The van der Waals surface area contributed by atoms with E-state index in [1.54, 1.807) is 0 Å². The van der Waals surface area contributed by atoms with Crippen molar-refractivity contribution in [2.75, 3.05) is 6.54 Å². The third kappa shape index (κ3) is 2.74. The highest BCUT2D eigenvalue weighted by Crippen LogP contribution is 2.36. The van der Waals surface area contributed by atoms with E-state index in [1.807, 2.05) is 4.57 Å². The number of hydrogen-bond donors (Lipinski definition) is 2. The fraction of sp³-hybridized carbons (Fsp3) is 0.385. The minimum absolute atomic E-state index is 0.152. The molecule has 2 aromatic heterocycles. The first kappa shape index (κ1) is 15.3. The number of hydrogen-bond acceptors (Lipinski definition) is 3. The highest BCUT2D eigenvalue weighted by Gasteiger charge is 2.23. The van der Waals surface area contributed by atoms with Crippen molar-refractivity contribution in [1.29, 1.82) is 0 Å². The molecule has 0 spiro atoms. The first-order valence-electron chi connectivity index (χ1n) is 6.56. The summed E-state index contributed by atoms with van der Waals surface area (Å²) in [6.45, 7) is 1.77. The maximum Gasteiger partial charge on any atom is 0.267 e. The van der Waals surface area contributed by atoms with Gasteiger partial charge in [0.05, 0.1) is 15.4 Å². The van der Waals surface area contributed by atoms with Crippen LogP contribution in [0.15, 0.2) is 6.07 Å². The Hall–Kier alpha value is -0.570. The predicted molar refractivity (Wildman–Crippen MR) is 92.0 cm³/mol. The summed E-state index contributed by atoms with van der Waals surface area (Å²) in [6, 6.07) is 1.84. The second kappa shape index (κ2) is 5.91. The standard InChI is InChI=1S/C13H13Cl2IN4O/c14-7-4-8(12(17)21)19-13-9(7)10(15)11(16)20(13)5-6-2-1-3-18-6/h4,6,18H,1-3,5H2,(H2,17,21). The van der Waals surface area contributed by atoms with E-state index in [4.69, 9.17) is 28.9 Å². The second-order valence-corrected chi connectivity index (χ2v) is 6.87. The van der Waals surface area contributed by atoms with E-state index in [9.17, 15) is 4.79 Å². The summed E-state index contributed by atoms with van der Waals surface area (Å²) in [5.41, 5.74) is 6.08. The van der Waals surface area contributed by atoms with Crippen LogP contribution in [0.2, 0.25) is 10.0 Å². The van der Waals surface area contributed by atoms with Gasteiger partial charge in [-0.3, -0.25) is 4.79 Å². The third-order valence-electron chi connectivity index (χ3n) is 3.66. The smallest absolute Gasteiger partial charge is 0.267 e. The number of nitrogens with zero attached hydrogens (tertiary/aromatic N) is 2. The molecule has 21 heavy (non-hydrogen) atoms. The molecule has 0 radical (unpaired) electrons. The van der Waals surface area contributed by atoms with Gasteiger partial charge in [0.1, 0.15) is 15.0 Å². The summed E-state index contributed by atoms with van der Waals surface area (Å²) in [7, 11) is 0. The lowest BCUT2D eigenvalue weighted by Crippen LogP contribution is -2.27. The fourth-order valence-corrected chi connectivity index (χ4v) is 3.95. The molecule has 0 saturated carbocycles. The Kier molecular flexibility index (Phi) is 4.31. The Morgan fingerprint density at radius 3 is 2.95 bits per heavy atom. The number of carbonyl (C=O) groups is 1.